The van der Waals surface area contributed by atoms with Gasteiger partial charge in [-0.1, -0.05) is 0 Å². The maximum Gasteiger partial charge on any atom is 0.292 e. The van der Waals surface area contributed by atoms with Crippen molar-refractivity contribution in [1.82, 2.24) is 4.90 Å². The first-order valence-corrected chi connectivity index (χ1v) is 7.11. The normalized spacial score (nSPS) is 10.1. The number of carbonyl (C=O) groups excluding carboxylic acids is 1. The molecule has 0 spiro atoms. The number of carbonyl (C=O) groups is 1. The fourth-order valence-corrected chi connectivity index (χ4v) is 2.04. The van der Waals surface area contributed by atoms with E-state index in [0.29, 0.717) is 17.8 Å². The zero-order chi connectivity index (χ0) is 14.4. The van der Waals surface area contributed by atoms with Crippen molar-refractivity contribution in [2.75, 3.05) is 38.0 Å². The van der Waals surface area contributed by atoms with Crippen LogP contribution in [0, 0.1) is 10.1 Å². The first kappa shape index (κ1) is 15.3. The Balaban J connectivity index is 2.95. The molecule has 7 heteroatoms. The van der Waals surface area contributed by atoms with Gasteiger partial charge in [0, 0.05) is 38.0 Å². The molecule has 104 valence electrons. The van der Waals surface area contributed by atoms with E-state index in [9.17, 15) is 14.9 Å². The van der Waals surface area contributed by atoms with Crippen molar-refractivity contribution in [2.45, 2.75) is 0 Å². The van der Waals surface area contributed by atoms with Gasteiger partial charge in [0.1, 0.15) is 5.69 Å². The summed E-state index contributed by atoms with van der Waals surface area (Å²) < 4.78 is 0. The van der Waals surface area contributed by atoms with Crippen LogP contribution in [-0.4, -0.2) is 48.4 Å². The molecular formula is C12H17N3O3S. The lowest BCUT2D eigenvalue weighted by Gasteiger charge is -2.17. The molecule has 0 saturated heterocycles. The van der Waals surface area contributed by atoms with Crippen LogP contribution < -0.4 is 5.32 Å². The maximum atomic E-state index is 12.1. The molecule has 0 unspecified atom stereocenters. The molecule has 6 nitrogen and oxygen atoms in total. The summed E-state index contributed by atoms with van der Waals surface area (Å²) in [6.07, 6.45) is 1.98. The largest absolute Gasteiger partial charge is 0.383 e. The summed E-state index contributed by atoms with van der Waals surface area (Å²) in [6, 6.07) is 4.34. The third-order valence-corrected chi connectivity index (χ3v) is 3.28. The second-order valence-electron chi connectivity index (χ2n) is 3.96. The van der Waals surface area contributed by atoms with E-state index in [4.69, 9.17) is 0 Å². The maximum absolute atomic E-state index is 12.1. The fraction of sp³-hybridized carbons (Fsp3) is 0.417. The zero-order valence-corrected chi connectivity index (χ0v) is 12.0. The molecule has 0 aliphatic rings. The average Bonchev–Trinajstić information content (AvgIpc) is 2.42. The molecule has 0 aliphatic heterocycles. The van der Waals surface area contributed by atoms with E-state index in [1.807, 2.05) is 6.26 Å². The summed E-state index contributed by atoms with van der Waals surface area (Å²) in [7, 11) is 3.31. The molecule has 1 aromatic rings. The van der Waals surface area contributed by atoms with Crippen molar-refractivity contribution in [3.05, 3.63) is 33.9 Å². The number of benzene rings is 1. The average molecular weight is 283 g/mol. The number of anilines is 1. The third kappa shape index (κ3) is 3.85. The van der Waals surface area contributed by atoms with Gasteiger partial charge in [0.15, 0.2) is 0 Å². The number of nitrogens with one attached hydrogen (secondary N) is 1. The van der Waals surface area contributed by atoms with Crippen LogP contribution in [0.1, 0.15) is 10.4 Å². The quantitative estimate of drug-likeness (QED) is 0.639. The van der Waals surface area contributed by atoms with E-state index < -0.39 is 4.92 Å². The topological polar surface area (TPSA) is 75.5 Å². The van der Waals surface area contributed by atoms with E-state index in [0.717, 1.165) is 5.75 Å². The van der Waals surface area contributed by atoms with Gasteiger partial charge in [-0.3, -0.25) is 14.9 Å². The van der Waals surface area contributed by atoms with Crippen LogP contribution in [-0.2, 0) is 0 Å². The minimum absolute atomic E-state index is 0.0363. The van der Waals surface area contributed by atoms with Crippen LogP contribution in [0.25, 0.3) is 0 Å². The van der Waals surface area contributed by atoms with Gasteiger partial charge < -0.3 is 10.2 Å². The standard InChI is InChI=1S/C12H17N3O3S/c1-13-10-8-9(4-5-11(10)15(17)18)12(16)14(2)6-7-19-3/h4-5,8,13H,6-7H2,1-3H3. The van der Waals surface area contributed by atoms with Crippen LogP contribution in [0.3, 0.4) is 0 Å². The van der Waals surface area contributed by atoms with E-state index in [2.05, 4.69) is 5.32 Å². The number of nitro groups is 1. The molecule has 19 heavy (non-hydrogen) atoms. The van der Waals surface area contributed by atoms with Crippen LogP contribution in [0.15, 0.2) is 18.2 Å². The number of nitrogens with zero attached hydrogens (tertiary/aromatic N) is 2. The van der Waals surface area contributed by atoms with Gasteiger partial charge in [-0.2, -0.15) is 11.8 Å². The SMILES string of the molecule is CNc1cc(C(=O)N(C)CCSC)ccc1[N+](=O)[O-]. The molecule has 0 aliphatic carbocycles. The Morgan fingerprint density at radius 2 is 2.21 bits per heavy atom. The van der Waals surface area contributed by atoms with Gasteiger partial charge in [-0.15, -0.1) is 0 Å². The van der Waals surface area contributed by atoms with Gasteiger partial charge >= 0.3 is 0 Å². The lowest BCUT2D eigenvalue weighted by atomic mass is 10.1. The molecule has 0 atom stereocenters. The lowest BCUT2D eigenvalue weighted by Crippen LogP contribution is -2.28. The van der Waals surface area contributed by atoms with Crippen molar-refractivity contribution in [3.63, 3.8) is 0 Å². The highest BCUT2D eigenvalue weighted by Gasteiger charge is 2.17. The van der Waals surface area contributed by atoms with Gasteiger partial charge in [-0.25, -0.2) is 0 Å². The number of thioether (sulfide) groups is 1. The van der Waals surface area contributed by atoms with Crippen molar-refractivity contribution in [3.8, 4) is 0 Å². The summed E-state index contributed by atoms with van der Waals surface area (Å²) in [6.45, 7) is 0.645. The predicted molar refractivity (Wildman–Crippen MR) is 78.0 cm³/mol. The van der Waals surface area contributed by atoms with Crippen molar-refractivity contribution < 1.29 is 9.72 Å². The van der Waals surface area contributed by atoms with Crippen LogP contribution in [0.4, 0.5) is 11.4 Å². The highest BCUT2D eigenvalue weighted by atomic mass is 32.2. The first-order chi connectivity index (χ1) is 9.01. The van der Waals surface area contributed by atoms with Crippen molar-refractivity contribution in [2.24, 2.45) is 0 Å². The van der Waals surface area contributed by atoms with E-state index in [1.165, 1.54) is 18.2 Å². The summed E-state index contributed by atoms with van der Waals surface area (Å²) >= 11 is 1.66. The predicted octanol–water partition coefficient (Wildman–Crippen LogP) is 2.07. The second-order valence-corrected chi connectivity index (χ2v) is 4.94. The molecule has 0 radical (unpaired) electrons. The monoisotopic (exact) mass is 283 g/mol. The molecule has 0 saturated carbocycles. The Kier molecular flexibility index (Phi) is 5.62. The molecule has 0 heterocycles. The van der Waals surface area contributed by atoms with Gasteiger partial charge in [0.2, 0.25) is 0 Å². The molecule has 1 rings (SSSR count). The fourth-order valence-electron chi connectivity index (χ4n) is 1.58. The number of hydrogen-bond donors (Lipinski definition) is 1. The molecule has 1 N–H and O–H groups in total. The van der Waals surface area contributed by atoms with E-state index in [1.54, 1.807) is 30.8 Å². The zero-order valence-electron chi connectivity index (χ0n) is 11.2. The van der Waals surface area contributed by atoms with Crippen LogP contribution in [0.5, 0.6) is 0 Å². The van der Waals surface area contributed by atoms with Gasteiger partial charge in [0.05, 0.1) is 4.92 Å². The van der Waals surface area contributed by atoms with Gasteiger partial charge in [0.25, 0.3) is 11.6 Å². The Morgan fingerprint density at radius 3 is 2.74 bits per heavy atom. The molecule has 1 aromatic carbocycles. The summed E-state index contributed by atoms with van der Waals surface area (Å²) in [5.41, 5.74) is 0.749. The first-order valence-electron chi connectivity index (χ1n) is 5.71. The number of nitro benzene ring substituents is 1. The molecular weight excluding hydrogens is 266 g/mol. The summed E-state index contributed by atoms with van der Waals surface area (Å²) in [5, 5.41) is 13.5. The van der Waals surface area contributed by atoms with E-state index in [-0.39, 0.29) is 11.6 Å². The highest BCUT2D eigenvalue weighted by Crippen LogP contribution is 2.25. The summed E-state index contributed by atoms with van der Waals surface area (Å²) in [4.78, 5) is 24.1. The number of amides is 1. The Morgan fingerprint density at radius 1 is 1.53 bits per heavy atom. The Labute approximate surface area is 116 Å². The Bertz CT molecular complexity index is 479. The third-order valence-electron chi connectivity index (χ3n) is 2.69. The van der Waals surface area contributed by atoms with Crippen LogP contribution >= 0.6 is 11.8 Å². The minimum Gasteiger partial charge on any atom is -0.383 e. The van der Waals surface area contributed by atoms with Crippen molar-refractivity contribution in [1.29, 1.82) is 0 Å². The smallest absolute Gasteiger partial charge is 0.292 e. The highest BCUT2D eigenvalue weighted by molar-refractivity contribution is 7.98. The number of rotatable bonds is 6. The molecule has 0 aromatic heterocycles. The lowest BCUT2D eigenvalue weighted by molar-refractivity contribution is -0.383. The number of hydrogen-bond acceptors (Lipinski definition) is 5. The van der Waals surface area contributed by atoms with Crippen molar-refractivity contribution >= 4 is 29.0 Å². The summed E-state index contributed by atoms with van der Waals surface area (Å²) in [5.74, 6) is 0.717. The minimum atomic E-state index is -0.475. The van der Waals surface area contributed by atoms with E-state index >= 15 is 0 Å². The second kappa shape index (κ2) is 6.98. The molecule has 1 amide bonds. The molecule has 0 bridgehead atoms. The molecule has 0 fully saturated rings. The van der Waals surface area contributed by atoms with Crippen LogP contribution in [0.2, 0.25) is 0 Å². The van der Waals surface area contributed by atoms with Gasteiger partial charge in [-0.05, 0) is 18.4 Å². The Hall–Kier alpha value is -1.76.